The standard InChI is InChI=1S/C23H33NO2/c1-17(12-13-21-19(3)11-8-15-23(21,5)6)9-7-10-18(2)14-16-24-20(4)22(25)26/h7,9-10,12-14,16,20H,8,11,15H2,1-6H3,(H,25,26). The van der Waals surface area contributed by atoms with Crippen molar-refractivity contribution >= 4 is 12.2 Å². The summed E-state index contributed by atoms with van der Waals surface area (Å²) in [6.07, 6.45) is 17.6. The lowest BCUT2D eigenvalue weighted by Gasteiger charge is -2.32. The molecule has 1 rings (SSSR count). The lowest BCUT2D eigenvalue weighted by Crippen LogP contribution is -2.19. The van der Waals surface area contributed by atoms with Crippen molar-refractivity contribution in [3.63, 3.8) is 0 Å². The van der Waals surface area contributed by atoms with Crippen LogP contribution < -0.4 is 0 Å². The van der Waals surface area contributed by atoms with Crippen LogP contribution in [0.1, 0.15) is 60.8 Å². The lowest BCUT2D eigenvalue weighted by atomic mass is 9.72. The topological polar surface area (TPSA) is 49.7 Å². The molecule has 0 aliphatic heterocycles. The van der Waals surface area contributed by atoms with Crippen molar-refractivity contribution in [1.82, 2.24) is 0 Å². The van der Waals surface area contributed by atoms with Gasteiger partial charge in [-0.25, -0.2) is 4.79 Å². The summed E-state index contributed by atoms with van der Waals surface area (Å²) >= 11 is 0. The number of aliphatic imine (C=N–C) groups is 1. The van der Waals surface area contributed by atoms with Gasteiger partial charge in [0, 0.05) is 6.21 Å². The van der Waals surface area contributed by atoms with Crippen LogP contribution in [0, 0.1) is 5.41 Å². The van der Waals surface area contributed by atoms with Crippen molar-refractivity contribution in [2.45, 2.75) is 66.8 Å². The summed E-state index contributed by atoms with van der Waals surface area (Å²) in [6, 6.07) is -0.711. The second kappa shape index (κ2) is 10.1. The summed E-state index contributed by atoms with van der Waals surface area (Å²) in [5.41, 5.74) is 5.46. The largest absolute Gasteiger partial charge is 0.480 e. The number of hydrogen-bond donors (Lipinski definition) is 1. The molecule has 3 nitrogen and oxygen atoms in total. The molecular weight excluding hydrogens is 322 g/mol. The fourth-order valence-corrected chi connectivity index (χ4v) is 3.04. The number of rotatable bonds is 7. The van der Waals surface area contributed by atoms with Crippen LogP contribution in [-0.4, -0.2) is 23.3 Å². The molecule has 0 aromatic heterocycles. The molecule has 1 aliphatic rings. The Morgan fingerprint density at radius 1 is 1.19 bits per heavy atom. The first-order chi connectivity index (χ1) is 12.1. The van der Waals surface area contributed by atoms with Gasteiger partial charge in [-0.1, -0.05) is 55.4 Å². The van der Waals surface area contributed by atoms with Gasteiger partial charge in [-0.2, -0.15) is 0 Å². The SMILES string of the molecule is CC(C=CC1=C(C)CCCC1(C)C)=CC=CC(C)=CC=NC(C)C(=O)O. The third-order valence-electron chi connectivity index (χ3n) is 4.78. The molecule has 0 amide bonds. The van der Waals surface area contributed by atoms with Crippen LogP contribution in [0.2, 0.25) is 0 Å². The van der Waals surface area contributed by atoms with E-state index in [0.717, 1.165) is 5.57 Å². The molecule has 26 heavy (non-hydrogen) atoms. The quantitative estimate of drug-likeness (QED) is 0.445. The van der Waals surface area contributed by atoms with Gasteiger partial charge >= 0.3 is 5.97 Å². The molecule has 1 aliphatic carbocycles. The zero-order chi connectivity index (χ0) is 19.7. The zero-order valence-electron chi connectivity index (χ0n) is 17.0. The maximum atomic E-state index is 10.7. The fraction of sp³-hybridized carbons (Fsp3) is 0.478. The van der Waals surface area contributed by atoms with Crippen molar-refractivity contribution in [2.24, 2.45) is 10.4 Å². The van der Waals surface area contributed by atoms with E-state index in [2.05, 4.69) is 50.9 Å². The summed E-state index contributed by atoms with van der Waals surface area (Å²) in [5, 5.41) is 8.78. The van der Waals surface area contributed by atoms with Gasteiger partial charge < -0.3 is 5.11 Å². The van der Waals surface area contributed by atoms with E-state index >= 15 is 0 Å². The first-order valence-corrected chi connectivity index (χ1v) is 9.29. The molecule has 0 saturated heterocycles. The van der Waals surface area contributed by atoms with E-state index in [0.29, 0.717) is 0 Å². The smallest absolute Gasteiger partial charge is 0.328 e. The zero-order valence-corrected chi connectivity index (χ0v) is 17.0. The van der Waals surface area contributed by atoms with E-state index in [9.17, 15) is 4.79 Å². The predicted octanol–water partition coefficient (Wildman–Crippen LogP) is 6.06. The minimum atomic E-state index is -0.917. The highest BCUT2D eigenvalue weighted by atomic mass is 16.4. The second-order valence-corrected chi connectivity index (χ2v) is 7.76. The highest BCUT2D eigenvalue weighted by Crippen LogP contribution is 2.40. The normalized spacial score (nSPS) is 20.5. The highest BCUT2D eigenvalue weighted by molar-refractivity contribution is 5.79. The van der Waals surface area contributed by atoms with Crippen LogP contribution >= 0.6 is 0 Å². The molecule has 0 heterocycles. The first-order valence-electron chi connectivity index (χ1n) is 9.29. The van der Waals surface area contributed by atoms with Crippen molar-refractivity contribution in [2.75, 3.05) is 0 Å². The van der Waals surface area contributed by atoms with Crippen molar-refractivity contribution < 1.29 is 9.90 Å². The van der Waals surface area contributed by atoms with Crippen LogP contribution in [-0.2, 0) is 4.79 Å². The van der Waals surface area contributed by atoms with Crippen molar-refractivity contribution in [1.29, 1.82) is 0 Å². The molecule has 0 radical (unpaired) electrons. The third-order valence-corrected chi connectivity index (χ3v) is 4.78. The molecule has 1 atom stereocenters. The van der Waals surface area contributed by atoms with E-state index in [-0.39, 0.29) is 5.41 Å². The molecule has 3 heteroatoms. The van der Waals surface area contributed by atoms with Crippen LogP contribution in [0.5, 0.6) is 0 Å². The van der Waals surface area contributed by atoms with Gasteiger partial charge in [0.25, 0.3) is 0 Å². The summed E-state index contributed by atoms with van der Waals surface area (Å²) in [5.74, 6) is -0.917. The summed E-state index contributed by atoms with van der Waals surface area (Å²) in [4.78, 5) is 14.6. The fourth-order valence-electron chi connectivity index (χ4n) is 3.04. The minimum absolute atomic E-state index is 0.265. The summed E-state index contributed by atoms with van der Waals surface area (Å²) in [7, 11) is 0. The Morgan fingerprint density at radius 2 is 1.85 bits per heavy atom. The lowest BCUT2D eigenvalue weighted by molar-refractivity contribution is -0.137. The van der Waals surface area contributed by atoms with Crippen LogP contribution in [0.3, 0.4) is 0 Å². The molecule has 0 fully saturated rings. The van der Waals surface area contributed by atoms with Gasteiger partial charge in [0.2, 0.25) is 0 Å². The molecule has 0 bridgehead atoms. The van der Waals surface area contributed by atoms with E-state index < -0.39 is 12.0 Å². The van der Waals surface area contributed by atoms with Crippen molar-refractivity contribution in [3.05, 3.63) is 58.7 Å². The van der Waals surface area contributed by atoms with Crippen LogP contribution in [0.15, 0.2) is 63.7 Å². The molecule has 0 spiro atoms. The second-order valence-electron chi connectivity index (χ2n) is 7.76. The van der Waals surface area contributed by atoms with Gasteiger partial charge in [-0.3, -0.25) is 4.99 Å². The maximum Gasteiger partial charge on any atom is 0.328 e. The number of carboxylic acids is 1. The van der Waals surface area contributed by atoms with E-state index in [4.69, 9.17) is 5.11 Å². The Bertz CT molecular complexity index is 685. The molecule has 1 unspecified atom stereocenters. The Labute approximate surface area is 158 Å². The molecule has 0 saturated carbocycles. The number of allylic oxidation sites excluding steroid dienone is 10. The summed E-state index contributed by atoms with van der Waals surface area (Å²) < 4.78 is 0. The maximum absolute atomic E-state index is 10.7. The van der Waals surface area contributed by atoms with Gasteiger partial charge in [-0.05, 0) is 69.6 Å². The van der Waals surface area contributed by atoms with Crippen molar-refractivity contribution in [3.8, 4) is 0 Å². The van der Waals surface area contributed by atoms with Gasteiger partial charge in [-0.15, -0.1) is 0 Å². The number of aliphatic carboxylic acids is 1. The van der Waals surface area contributed by atoms with Crippen LogP contribution in [0.25, 0.3) is 0 Å². The molecule has 0 aromatic rings. The highest BCUT2D eigenvalue weighted by Gasteiger charge is 2.26. The monoisotopic (exact) mass is 355 g/mol. The Balaban J connectivity index is 2.70. The number of hydrogen-bond acceptors (Lipinski definition) is 2. The Hall–Kier alpha value is -2.16. The molecular formula is C23H33NO2. The minimum Gasteiger partial charge on any atom is -0.480 e. The van der Waals surface area contributed by atoms with Gasteiger partial charge in [0.1, 0.15) is 6.04 Å². The Kier molecular flexibility index (Phi) is 8.50. The molecule has 142 valence electrons. The average molecular weight is 356 g/mol. The number of carbonyl (C=O) groups is 1. The van der Waals surface area contributed by atoms with E-state index in [1.54, 1.807) is 13.1 Å². The number of carboxylic acid groups (broad SMARTS) is 1. The number of nitrogens with zero attached hydrogens (tertiary/aromatic N) is 1. The molecule has 1 N–H and O–H groups in total. The average Bonchev–Trinajstić information content (AvgIpc) is 2.53. The van der Waals surface area contributed by atoms with E-state index in [1.807, 2.05) is 25.2 Å². The van der Waals surface area contributed by atoms with Gasteiger partial charge in [0.15, 0.2) is 0 Å². The summed E-state index contributed by atoms with van der Waals surface area (Å²) in [6.45, 7) is 12.5. The van der Waals surface area contributed by atoms with E-state index in [1.165, 1.54) is 36.0 Å². The van der Waals surface area contributed by atoms with Crippen LogP contribution in [0.4, 0.5) is 0 Å². The van der Waals surface area contributed by atoms with Gasteiger partial charge in [0.05, 0.1) is 0 Å². The Morgan fingerprint density at radius 3 is 2.46 bits per heavy atom. The predicted molar refractivity (Wildman–Crippen MR) is 112 cm³/mol. The third kappa shape index (κ3) is 7.38. The first kappa shape index (κ1) is 21.9. The molecule has 0 aromatic carbocycles.